The van der Waals surface area contributed by atoms with E-state index in [4.69, 9.17) is 4.74 Å². The van der Waals surface area contributed by atoms with Crippen molar-refractivity contribution in [2.75, 3.05) is 12.0 Å². The zero-order valence-electron chi connectivity index (χ0n) is 14.7. The highest BCUT2D eigenvalue weighted by Crippen LogP contribution is 2.36. The Morgan fingerprint density at radius 3 is 2.45 bits per heavy atom. The Labute approximate surface area is 171 Å². The lowest BCUT2D eigenvalue weighted by Gasteiger charge is -2.26. The molecule has 11 heteroatoms. The monoisotopic (exact) mass is 461 g/mol. The van der Waals surface area contributed by atoms with E-state index < -0.39 is 39.8 Å². The molecule has 4 amide bonds. The minimum atomic E-state index is -1.00. The Balaban J connectivity index is 2.11. The van der Waals surface area contributed by atoms with Crippen molar-refractivity contribution in [3.8, 4) is 11.5 Å². The van der Waals surface area contributed by atoms with Gasteiger partial charge in [0.1, 0.15) is 5.57 Å². The quantitative estimate of drug-likeness (QED) is 0.308. The number of imide groups is 2. The summed E-state index contributed by atoms with van der Waals surface area (Å²) in [5.41, 5.74) is -0.907. The standard InChI is InChI=1S/C18H12BrN3O7/c1-29-14-8-12(22(27)28)6-9(15(14)23)7-13-16(24)20-18(26)21(17(13)25)11-4-2-10(19)3-5-11/h2-8,23H,1H3,(H,20,24,26)/b13-7+. The Hall–Kier alpha value is -3.73. The van der Waals surface area contributed by atoms with Gasteiger partial charge in [0.25, 0.3) is 17.5 Å². The van der Waals surface area contributed by atoms with Crippen LogP contribution < -0.4 is 15.0 Å². The van der Waals surface area contributed by atoms with E-state index in [2.05, 4.69) is 15.9 Å². The van der Waals surface area contributed by atoms with E-state index in [0.29, 0.717) is 4.47 Å². The lowest BCUT2D eigenvalue weighted by molar-refractivity contribution is -0.385. The number of nitro groups is 1. The number of ether oxygens (including phenoxy) is 1. The predicted molar refractivity (Wildman–Crippen MR) is 104 cm³/mol. The molecule has 0 aliphatic carbocycles. The second kappa shape index (κ2) is 7.72. The van der Waals surface area contributed by atoms with Gasteiger partial charge in [0.2, 0.25) is 0 Å². The molecule has 3 rings (SSSR count). The third-order valence-electron chi connectivity index (χ3n) is 4.01. The van der Waals surface area contributed by atoms with E-state index in [-0.39, 0.29) is 17.0 Å². The van der Waals surface area contributed by atoms with Crippen LogP contribution in [0.15, 0.2) is 46.4 Å². The maximum atomic E-state index is 12.8. The first-order valence-electron chi connectivity index (χ1n) is 7.95. The van der Waals surface area contributed by atoms with Gasteiger partial charge in [-0.05, 0) is 30.3 Å². The van der Waals surface area contributed by atoms with Crippen molar-refractivity contribution in [2.45, 2.75) is 0 Å². The van der Waals surface area contributed by atoms with Crippen LogP contribution in [0, 0.1) is 10.1 Å². The van der Waals surface area contributed by atoms with Gasteiger partial charge in [0, 0.05) is 16.1 Å². The van der Waals surface area contributed by atoms with E-state index in [1.807, 2.05) is 5.32 Å². The topological polar surface area (TPSA) is 139 Å². The lowest BCUT2D eigenvalue weighted by atomic mass is 10.0. The normalized spacial score (nSPS) is 15.4. The molecule has 1 saturated heterocycles. The fourth-order valence-corrected chi connectivity index (χ4v) is 2.89. The molecular weight excluding hydrogens is 450 g/mol. The number of urea groups is 1. The molecular formula is C18H12BrN3O7. The number of nitrogens with zero attached hydrogens (tertiary/aromatic N) is 2. The number of hydrogen-bond donors (Lipinski definition) is 2. The lowest BCUT2D eigenvalue weighted by Crippen LogP contribution is -2.54. The van der Waals surface area contributed by atoms with Gasteiger partial charge in [-0.1, -0.05) is 15.9 Å². The van der Waals surface area contributed by atoms with Crippen molar-refractivity contribution in [1.29, 1.82) is 0 Å². The highest BCUT2D eigenvalue weighted by molar-refractivity contribution is 9.10. The molecule has 0 saturated carbocycles. The number of methoxy groups -OCH3 is 1. The first kappa shape index (κ1) is 20.0. The van der Waals surface area contributed by atoms with E-state index in [0.717, 1.165) is 23.1 Å². The minimum absolute atomic E-state index is 0.195. The fourth-order valence-electron chi connectivity index (χ4n) is 2.62. The third kappa shape index (κ3) is 3.80. The Bertz CT molecular complexity index is 1080. The summed E-state index contributed by atoms with van der Waals surface area (Å²) >= 11 is 3.24. The molecule has 1 aliphatic rings. The molecule has 0 spiro atoms. The number of phenols is 1. The smallest absolute Gasteiger partial charge is 0.335 e. The van der Waals surface area contributed by atoms with E-state index in [9.17, 15) is 29.6 Å². The van der Waals surface area contributed by atoms with Crippen molar-refractivity contribution in [3.05, 3.63) is 62.1 Å². The molecule has 1 fully saturated rings. The first-order valence-corrected chi connectivity index (χ1v) is 8.74. The highest BCUT2D eigenvalue weighted by Gasteiger charge is 2.37. The number of benzene rings is 2. The summed E-state index contributed by atoms with van der Waals surface area (Å²) in [6, 6.07) is 7.22. The molecule has 0 unspecified atom stereocenters. The van der Waals surface area contributed by atoms with Crippen LogP contribution in [0.25, 0.3) is 6.08 Å². The highest BCUT2D eigenvalue weighted by atomic mass is 79.9. The Kier molecular flexibility index (Phi) is 5.33. The van der Waals surface area contributed by atoms with Crippen LogP contribution in [-0.4, -0.2) is 35.0 Å². The van der Waals surface area contributed by atoms with Crippen molar-refractivity contribution < 1.29 is 29.2 Å². The van der Waals surface area contributed by atoms with Crippen LogP contribution in [0.3, 0.4) is 0 Å². The fraction of sp³-hybridized carbons (Fsp3) is 0.0556. The zero-order valence-corrected chi connectivity index (χ0v) is 16.3. The van der Waals surface area contributed by atoms with Crippen LogP contribution in [0.5, 0.6) is 11.5 Å². The van der Waals surface area contributed by atoms with E-state index >= 15 is 0 Å². The number of hydrogen-bond acceptors (Lipinski definition) is 7. The summed E-state index contributed by atoms with van der Waals surface area (Å²) in [4.78, 5) is 48.4. The van der Waals surface area contributed by atoms with Crippen molar-refractivity contribution in [2.24, 2.45) is 0 Å². The first-order chi connectivity index (χ1) is 13.7. The van der Waals surface area contributed by atoms with Crippen molar-refractivity contribution in [1.82, 2.24) is 5.32 Å². The number of anilines is 1. The Morgan fingerprint density at radius 2 is 1.86 bits per heavy atom. The average molecular weight is 462 g/mol. The molecule has 2 aromatic carbocycles. The molecule has 1 aliphatic heterocycles. The molecule has 29 heavy (non-hydrogen) atoms. The molecule has 1 heterocycles. The summed E-state index contributed by atoms with van der Waals surface area (Å²) in [5.74, 6) is -2.67. The van der Waals surface area contributed by atoms with E-state index in [1.165, 1.54) is 19.2 Å². The van der Waals surface area contributed by atoms with Gasteiger partial charge in [-0.2, -0.15) is 0 Å². The number of carbonyl (C=O) groups is 3. The second-order valence-corrected chi connectivity index (χ2v) is 6.69. The number of carbonyl (C=O) groups excluding carboxylic acids is 3. The SMILES string of the molecule is COc1cc([N+](=O)[O-])cc(/C=C2\C(=O)NC(=O)N(c3ccc(Br)cc3)C2=O)c1O. The summed E-state index contributed by atoms with van der Waals surface area (Å²) in [6.07, 6.45) is 0.959. The number of nitrogens with one attached hydrogen (secondary N) is 1. The molecule has 0 aromatic heterocycles. The maximum absolute atomic E-state index is 12.8. The molecule has 0 radical (unpaired) electrons. The summed E-state index contributed by atoms with van der Waals surface area (Å²) in [6.45, 7) is 0. The van der Waals surface area contributed by atoms with Gasteiger partial charge in [-0.25, -0.2) is 9.69 Å². The van der Waals surface area contributed by atoms with Gasteiger partial charge in [0.15, 0.2) is 11.5 Å². The summed E-state index contributed by atoms with van der Waals surface area (Å²) in [5, 5.41) is 23.4. The largest absolute Gasteiger partial charge is 0.504 e. The third-order valence-corrected chi connectivity index (χ3v) is 4.53. The van der Waals surface area contributed by atoms with Gasteiger partial charge in [-0.15, -0.1) is 0 Å². The second-order valence-electron chi connectivity index (χ2n) is 5.78. The molecule has 0 bridgehead atoms. The average Bonchev–Trinajstić information content (AvgIpc) is 2.67. The number of barbiturate groups is 1. The molecule has 10 nitrogen and oxygen atoms in total. The molecule has 2 N–H and O–H groups in total. The van der Waals surface area contributed by atoms with Gasteiger partial charge < -0.3 is 9.84 Å². The molecule has 148 valence electrons. The van der Waals surface area contributed by atoms with Crippen molar-refractivity contribution >= 4 is 51.2 Å². The molecule has 0 atom stereocenters. The minimum Gasteiger partial charge on any atom is -0.504 e. The number of nitro benzene ring substituents is 1. The van der Waals surface area contributed by atoms with Gasteiger partial charge in [0.05, 0.1) is 23.8 Å². The van der Waals surface area contributed by atoms with Crippen LogP contribution in [0.1, 0.15) is 5.56 Å². The number of halogens is 1. The van der Waals surface area contributed by atoms with Crippen LogP contribution >= 0.6 is 15.9 Å². The van der Waals surface area contributed by atoms with Gasteiger partial charge in [-0.3, -0.25) is 25.0 Å². The number of rotatable bonds is 4. The zero-order chi connectivity index (χ0) is 21.3. The van der Waals surface area contributed by atoms with E-state index in [1.54, 1.807) is 12.1 Å². The van der Waals surface area contributed by atoms with Crippen LogP contribution in [0.4, 0.5) is 16.2 Å². The van der Waals surface area contributed by atoms with Crippen molar-refractivity contribution in [3.63, 3.8) is 0 Å². The molecule has 2 aromatic rings. The predicted octanol–water partition coefficient (Wildman–Crippen LogP) is 2.74. The Morgan fingerprint density at radius 1 is 1.21 bits per heavy atom. The number of phenolic OH excluding ortho intramolecular Hbond substituents is 1. The van der Waals surface area contributed by atoms with Gasteiger partial charge >= 0.3 is 6.03 Å². The van der Waals surface area contributed by atoms with Crippen LogP contribution in [-0.2, 0) is 9.59 Å². The maximum Gasteiger partial charge on any atom is 0.335 e. The number of non-ortho nitro benzene ring substituents is 1. The number of amides is 4. The summed E-state index contributed by atoms with van der Waals surface area (Å²) < 4.78 is 5.61. The summed E-state index contributed by atoms with van der Waals surface area (Å²) in [7, 11) is 1.20. The van der Waals surface area contributed by atoms with Crippen LogP contribution in [0.2, 0.25) is 0 Å². The number of aromatic hydroxyl groups is 1.